The molecule has 0 saturated heterocycles. The smallest absolute Gasteiger partial charge is 0.128 e. The molecule has 0 fully saturated rings. The van der Waals surface area contributed by atoms with Gasteiger partial charge in [0.2, 0.25) is 0 Å². The molecule has 0 atom stereocenters. The van der Waals surface area contributed by atoms with Gasteiger partial charge in [0.25, 0.3) is 0 Å². The van der Waals surface area contributed by atoms with Gasteiger partial charge in [0.1, 0.15) is 5.75 Å². The highest BCUT2D eigenvalue weighted by molar-refractivity contribution is 9.10. The fourth-order valence-electron chi connectivity index (χ4n) is 1.72. The van der Waals surface area contributed by atoms with Gasteiger partial charge in [0.05, 0.1) is 20.0 Å². The number of allylic oxidation sites excluding steroid dienone is 1. The van der Waals surface area contributed by atoms with Crippen LogP contribution in [0.25, 0.3) is 5.57 Å². The molecule has 15 heavy (non-hydrogen) atoms. The number of halogens is 1. The topological polar surface area (TPSA) is 18.5 Å². The summed E-state index contributed by atoms with van der Waals surface area (Å²) in [6, 6.07) is 6.09. The third kappa shape index (κ3) is 2.34. The van der Waals surface area contributed by atoms with E-state index in [4.69, 9.17) is 9.47 Å². The fraction of sp³-hybridized carbons (Fsp3) is 0.333. The van der Waals surface area contributed by atoms with Crippen LogP contribution in [0.1, 0.15) is 18.4 Å². The van der Waals surface area contributed by atoms with Crippen molar-refractivity contribution >= 4 is 21.5 Å². The first kappa shape index (κ1) is 10.6. The predicted molar refractivity (Wildman–Crippen MR) is 63.9 cm³/mol. The fourth-order valence-corrected chi connectivity index (χ4v) is 2.07. The highest BCUT2D eigenvalue weighted by atomic mass is 79.9. The Labute approximate surface area is 98.0 Å². The number of fused-ring (bicyclic) bond motifs is 1. The monoisotopic (exact) mass is 268 g/mol. The van der Waals surface area contributed by atoms with Crippen molar-refractivity contribution in [1.29, 1.82) is 0 Å². The molecule has 0 radical (unpaired) electrons. The quantitative estimate of drug-likeness (QED) is 0.725. The molecule has 2 nitrogen and oxygen atoms in total. The van der Waals surface area contributed by atoms with Crippen molar-refractivity contribution in [3.63, 3.8) is 0 Å². The second-order valence-corrected chi connectivity index (χ2v) is 4.39. The van der Waals surface area contributed by atoms with Crippen LogP contribution in [0.5, 0.6) is 5.75 Å². The van der Waals surface area contributed by atoms with E-state index in [2.05, 4.69) is 22.0 Å². The molecule has 0 bridgehead atoms. The standard InChI is InChI=1S/C12H13BrO2/c1-14-8-9-3-2-6-15-12-7-10(13)4-5-11(9)12/h4-5,7-8H,2-3,6H2,1H3. The van der Waals surface area contributed by atoms with Gasteiger partial charge in [-0.15, -0.1) is 0 Å². The molecular weight excluding hydrogens is 256 g/mol. The second-order valence-electron chi connectivity index (χ2n) is 3.47. The van der Waals surface area contributed by atoms with E-state index in [0.717, 1.165) is 35.2 Å². The van der Waals surface area contributed by atoms with E-state index >= 15 is 0 Å². The number of rotatable bonds is 1. The first-order chi connectivity index (χ1) is 7.31. The zero-order valence-corrected chi connectivity index (χ0v) is 10.2. The molecule has 0 unspecified atom stereocenters. The van der Waals surface area contributed by atoms with Gasteiger partial charge in [-0.3, -0.25) is 0 Å². The summed E-state index contributed by atoms with van der Waals surface area (Å²) in [5, 5.41) is 0. The van der Waals surface area contributed by atoms with Crippen LogP contribution in [0.4, 0.5) is 0 Å². The van der Waals surface area contributed by atoms with Crippen LogP contribution in [0.2, 0.25) is 0 Å². The normalized spacial score (nSPS) is 17.9. The van der Waals surface area contributed by atoms with Gasteiger partial charge in [0, 0.05) is 10.0 Å². The Balaban J connectivity index is 2.45. The van der Waals surface area contributed by atoms with Crippen molar-refractivity contribution in [3.8, 4) is 5.75 Å². The molecule has 2 rings (SSSR count). The number of ether oxygens (including phenoxy) is 2. The number of hydrogen-bond acceptors (Lipinski definition) is 2. The molecule has 1 aliphatic rings. The molecule has 0 saturated carbocycles. The van der Waals surface area contributed by atoms with E-state index in [-0.39, 0.29) is 0 Å². The van der Waals surface area contributed by atoms with Crippen molar-refractivity contribution in [2.75, 3.05) is 13.7 Å². The van der Waals surface area contributed by atoms with E-state index in [1.54, 1.807) is 13.4 Å². The van der Waals surface area contributed by atoms with Gasteiger partial charge < -0.3 is 9.47 Å². The minimum absolute atomic E-state index is 0.768. The highest BCUT2D eigenvalue weighted by Gasteiger charge is 2.13. The van der Waals surface area contributed by atoms with Crippen LogP contribution in [-0.4, -0.2) is 13.7 Å². The summed E-state index contributed by atoms with van der Waals surface area (Å²) in [4.78, 5) is 0. The molecule has 0 N–H and O–H groups in total. The maximum Gasteiger partial charge on any atom is 0.128 e. The maximum absolute atomic E-state index is 5.68. The lowest BCUT2D eigenvalue weighted by atomic mass is 10.0. The summed E-state index contributed by atoms with van der Waals surface area (Å²) in [6.07, 6.45) is 3.84. The Hall–Kier alpha value is -0.960. The zero-order valence-electron chi connectivity index (χ0n) is 8.63. The SMILES string of the molecule is COC=C1CCCOc2cc(Br)ccc21. The molecule has 1 aromatic rings. The van der Waals surface area contributed by atoms with Crippen molar-refractivity contribution < 1.29 is 9.47 Å². The molecule has 0 aromatic heterocycles. The van der Waals surface area contributed by atoms with Gasteiger partial charge in [-0.25, -0.2) is 0 Å². The van der Waals surface area contributed by atoms with Crippen LogP contribution in [0.3, 0.4) is 0 Å². The largest absolute Gasteiger partial charge is 0.504 e. The molecule has 1 heterocycles. The third-order valence-corrected chi connectivity index (χ3v) is 2.89. The van der Waals surface area contributed by atoms with E-state index in [1.807, 2.05) is 12.1 Å². The van der Waals surface area contributed by atoms with Gasteiger partial charge in [-0.1, -0.05) is 15.9 Å². The van der Waals surface area contributed by atoms with E-state index < -0.39 is 0 Å². The molecule has 0 spiro atoms. The summed E-state index contributed by atoms with van der Waals surface area (Å²) in [5.74, 6) is 0.935. The van der Waals surface area contributed by atoms with E-state index in [0.29, 0.717) is 0 Å². The highest BCUT2D eigenvalue weighted by Crippen LogP contribution is 2.34. The number of hydrogen-bond donors (Lipinski definition) is 0. The maximum atomic E-state index is 5.68. The predicted octanol–water partition coefficient (Wildman–Crippen LogP) is 3.61. The number of benzene rings is 1. The van der Waals surface area contributed by atoms with Gasteiger partial charge >= 0.3 is 0 Å². The Kier molecular flexibility index (Phi) is 3.31. The molecule has 80 valence electrons. The lowest BCUT2D eigenvalue weighted by molar-refractivity contribution is 0.317. The van der Waals surface area contributed by atoms with E-state index in [9.17, 15) is 0 Å². The second kappa shape index (κ2) is 4.71. The van der Waals surface area contributed by atoms with E-state index in [1.165, 1.54) is 5.57 Å². The average Bonchev–Trinajstić information content (AvgIpc) is 2.41. The molecule has 3 heteroatoms. The van der Waals surface area contributed by atoms with Gasteiger partial charge in [0.15, 0.2) is 0 Å². The molecular formula is C12H13BrO2. The Morgan fingerprint density at radius 3 is 3.13 bits per heavy atom. The Bertz CT molecular complexity index is 385. The molecule has 1 aliphatic heterocycles. The van der Waals surface area contributed by atoms with Crippen molar-refractivity contribution in [2.24, 2.45) is 0 Å². The van der Waals surface area contributed by atoms with Crippen molar-refractivity contribution in [1.82, 2.24) is 0 Å². The molecule has 0 amide bonds. The van der Waals surface area contributed by atoms with Crippen LogP contribution < -0.4 is 4.74 Å². The Morgan fingerprint density at radius 1 is 1.47 bits per heavy atom. The van der Waals surface area contributed by atoms with Crippen LogP contribution >= 0.6 is 15.9 Å². The number of methoxy groups -OCH3 is 1. The van der Waals surface area contributed by atoms with Gasteiger partial charge in [-0.2, -0.15) is 0 Å². The first-order valence-electron chi connectivity index (χ1n) is 4.96. The minimum Gasteiger partial charge on any atom is -0.504 e. The average molecular weight is 269 g/mol. The molecule has 1 aromatic carbocycles. The summed E-state index contributed by atoms with van der Waals surface area (Å²) in [6.45, 7) is 0.768. The summed E-state index contributed by atoms with van der Waals surface area (Å²) >= 11 is 3.44. The van der Waals surface area contributed by atoms with Crippen LogP contribution in [0.15, 0.2) is 28.9 Å². The summed E-state index contributed by atoms with van der Waals surface area (Å²) < 4.78 is 11.8. The van der Waals surface area contributed by atoms with Crippen LogP contribution in [0, 0.1) is 0 Å². The van der Waals surface area contributed by atoms with Crippen molar-refractivity contribution in [2.45, 2.75) is 12.8 Å². The molecule has 0 aliphatic carbocycles. The van der Waals surface area contributed by atoms with Gasteiger partial charge in [-0.05, 0) is 36.6 Å². The summed E-state index contributed by atoms with van der Waals surface area (Å²) in [5.41, 5.74) is 2.34. The Morgan fingerprint density at radius 2 is 2.33 bits per heavy atom. The van der Waals surface area contributed by atoms with Crippen molar-refractivity contribution in [3.05, 3.63) is 34.5 Å². The third-order valence-electron chi connectivity index (χ3n) is 2.40. The lowest BCUT2D eigenvalue weighted by Crippen LogP contribution is -1.94. The summed E-state index contributed by atoms with van der Waals surface area (Å²) in [7, 11) is 1.68. The zero-order chi connectivity index (χ0) is 10.7. The van der Waals surface area contributed by atoms with Crippen LogP contribution in [-0.2, 0) is 4.74 Å². The lowest BCUT2D eigenvalue weighted by Gasteiger charge is -2.08. The minimum atomic E-state index is 0.768. The first-order valence-corrected chi connectivity index (χ1v) is 5.75.